The average molecular weight is 481 g/mol. The maximum atomic E-state index is 12.5. The summed E-state index contributed by atoms with van der Waals surface area (Å²) in [4.78, 5) is 24.1. The van der Waals surface area contributed by atoms with Crippen LogP contribution in [0.5, 0.6) is 0 Å². The molecule has 0 radical (unpaired) electrons. The van der Waals surface area contributed by atoms with Crippen LogP contribution in [0.3, 0.4) is 0 Å². The van der Waals surface area contributed by atoms with Crippen LogP contribution in [0.4, 0.5) is 5.69 Å². The summed E-state index contributed by atoms with van der Waals surface area (Å²) in [5.74, 6) is -0.786. The molecule has 0 unspecified atom stereocenters. The lowest BCUT2D eigenvalue weighted by molar-refractivity contribution is -0.144. The van der Waals surface area contributed by atoms with Crippen LogP contribution in [0.15, 0.2) is 89.8 Å². The monoisotopic (exact) mass is 480 g/mol. The van der Waals surface area contributed by atoms with E-state index in [0.29, 0.717) is 18.5 Å². The van der Waals surface area contributed by atoms with Gasteiger partial charge in [0.05, 0.1) is 17.9 Å². The molecule has 3 rings (SSSR count). The molecule has 3 aromatic rings. The number of esters is 1. The molecule has 0 bridgehead atoms. The average Bonchev–Trinajstić information content (AvgIpc) is 2.84. The number of hydrogen-bond donors (Lipinski definition) is 2. The number of carbonyl (C=O) groups excluding carboxylic acids is 2. The molecule has 0 fully saturated rings. The van der Waals surface area contributed by atoms with Gasteiger partial charge in [0.15, 0.2) is 0 Å². The van der Waals surface area contributed by atoms with Gasteiger partial charge in [0.25, 0.3) is 0 Å². The van der Waals surface area contributed by atoms with Crippen LogP contribution in [0.25, 0.3) is 0 Å². The van der Waals surface area contributed by atoms with Crippen LogP contribution in [-0.4, -0.2) is 33.4 Å². The Bertz CT molecular complexity index is 1160. The van der Waals surface area contributed by atoms with Gasteiger partial charge in [-0.15, -0.1) is 0 Å². The van der Waals surface area contributed by atoms with Gasteiger partial charge in [0, 0.05) is 25.1 Å². The molecule has 0 saturated heterocycles. The van der Waals surface area contributed by atoms with Crippen molar-refractivity contribution in [2.24, 2.45) is 0 Å². The highest BCUT2D eigenvalue weighted by molar-refractivity contribution is 7.89. The van der Waals surface area contributed by atoms with Crippen molar-refractivity contribution < 1.29 is 22.7 Å². The number of hydrogen-bond acceptors (Lipinski definition) is 5. The van der Waals surface area contributed by atoms with E-state index in [0.717, 1.165) is 11.1 Å². The van der Waals surface area contributed by atoms with Crippen molar-refractivity contribution in [3.05, 3.63) is 96.1 Å². The van der Waals surface area contributed by atoms with Gasteiger partial charge >= 0.3 is 5.97 Å². The van der Waals surface area contributed by atoms with E-state index in [2.05, 4.69) is 10.0 Å². The van der Waals surface area contributed by atoms with Crippen molar-refractivity contribution in [1.29, 1.82) is 0 Å². The van der Waals surface area contributed by atoms with E-state index in [-0.39, 0.29) is 36.8 Å². The molecular formula is C26H28N2O5S. The van der Waals surface area contributed by atoms with E-state index >= 15 is 0 Å². The van der Waals surface area contributed by atoms with Crippen LogP contribution in [-0.2, 0) is 37.2 Å². The first kappa shape index (κ1) is 25.1. The molecule has 7 nitrogen and oxygen atoms in total. The molecule has 0 aliphatic heterocycles. The van der Waals surface area contributed by atoms with Crippen molar-refractivity contribution in [2.45, 2.75) is 30.6 Å². The molecule has 0 heterocycles. The quantitative estimate of drug-likeness (QED) is 0.385. The fourth-order valence-corrected chi connectivity index (χ4v) is 4.25. The molecule has 8 heteroatoms. The van der Waals surface area contributed by atoms with Crippen molar-refractivity contribution in [3.8, 4) is 0 Å². The molecular weight excluding hydrogens is 452 g/mol. The summed E-state index contributed by atoms with van der Waals surface area (Å²) in [7, 11) is -3.65. The zero-order valence-electron chi connectivity index (χ0n) is 18.8. The standard InChI is InChI=1S/C26H28N2O5S/c29-25(15-16-26(30)33-20-18-22-9-5-2-6-10-22)28-23-11-13-24(14-12-23)34(31,32)27-19-17-21-7-3-1-4-8-21/h1-14,27H,15-20H2,(H,28,29). The number of anilines is 1. The number of nitrogens with one attached hydrogen (secondary N) is 2. The van der Waals surface area contributed by atoms with Gasteiger partial charge < -0.3 is 10.1 Å². The number of ether oxygens (including phenoxy) is 1. The lowest BCUT2D eigenvalue weighted by Crippen LogP contribution is -2.26. The van der Waals surface area contributed by atoms with Crippen LogP contribution >= 0.6 is 0 Å². The molecule has 0 aliphatic carbocycles. The Hall–Kier alpha value is -3.49. The van der Waals surface area contributed by atoms with E-state index in [4.69, 9.17) is 4.74 Å². The number of sulfonamides is 1. The van der Waals surface area contributed by atoms with Gasteiger partial charge in [-0.1, -0.05) is 60.7 Å². The maximum absolute atomic E-state index is 12.5. The fourth-order valence-electron chi connectivity index (χ4n) is 3.21. The predicted molar refractivity (Wildman–Crippen MR) is 131 cm³/mol. The molecule has 0 aromatic heterocycles. The Morgan fingerprint density at radius 1 is 0.735 bits per heavy atom. The molecule has 3 aromatic carbocycles. The van der Waals surface area contributed by atoms with Crippen LogP contribution in [0.1, 0.15) is 24.0 Å². The zero-order valence-corrected chi connectivity index (χ0v) is 19.6. The second kappa shape index (κ2) is 12.7. The third kappa shape index (κ3) is 8.46. The molecule has 2 N–H and O–H groups in total. The van der Waals surface area contributed by atoms with Crippen molar-refractivity contribution in [1.82, 2.24) is 4.72 Å². The lowest BCUT2D eigenvalue weighted by Gasteiger charge is -2.09. The first-order valence-corrected chi connectivity index (χ1v) is 12.5. The number of benzene rings is 3. The van der Waals surface area contributed by atoms with E-state index in [1.165, 1.54) is 24.3 Å². The second-order valence-electron chi connectivity index (χ2n) is 7.66. The van der Waals surface area contributed by atoms with E-state index in [1.54, 1.807) is 0 Å². The van der Waals surface area contributed by atoms with Gasteiger partial charge in [-0.25, -0.2) is 13.1 Å². The highest BCUT2D eigenvalue weighted by Crippen LogP contribution is 2.15. The Balaban J connectivity index is 1.38. The molecule has 0 aliphatic rings. The summed E-state index contributed by atoms with van der Waals surface area (Å²) < 4.78 is 32.7. The number of amides is 1. The number of rotatable bonds is 12. The van der Waals surface area contributed by atoms with Crippen LogP contribution in [0, 0.1) is 0 Å². The lowest BCUT2D eigenvalue weighted by atomic mass is 10.2. The van der Waals surface area contributed by atoms with Crippen molar-refractivity contribution in [3.63, 3.8) is 0 Å². The summed E-state index contributed by atoms with van der Waals surface area (Å²) in [5, 5.41) is 2.66. The smallest absolute Gasteiger partial charge is 0.306 e. The normalized spacial score (nSPS) is 11.1. The highest BCUT2D eigenvalue weighted by atomic mass is 32.2. The Morgan fingerprint density at radius 2 is 1.32 bits per heavy atom. The zero-order chi connectivity index (χ0) is 24.2. The fraction of sp³-hybridized carbons (Fsp3) is 0.231. The van der Waals surface area contributed by atoms with Gasteiger partial charge in [-0.2, -0.15) is 0 Å². The summed E-state index contributed by atoms with van der Waals surface area (Å²) >= 11 is 0. The third-order valence-corrected chi connectivity index (χ3v) is 6.53. The first-order chi connectivity index (χ1) is 16.4. The van der Waals surface area contributed by atoms with Gasteiger partial charge in [-0.3, -0.25) is 9.59 Å². The Morgan fingerprint density at radius 3 is 1.94 bits per heavy atom. The second-order valence-corrected chi connectivity index (χ2v) is 9.43. The van der Waals surface area contributed by atoms with E-state index in [1.807, 2.05) is 60.7 Å². The van der Waals surface area contributed by atoms with Crippen LogP contribution < -0.4 is 10.0 Å². The first-order valence-electron chi connectivity index (χ1n) is 11.1. The summed E-state index contributed by atoms with van der Waals surface area (Å²) in [6.45, 7) is 0.548. The largest absolute Gasteiger partial charge is 0.465 e. The van der Waals surface area contributed by atoms with E-state index in [9.17, 15) is 18.0 Å². The molecule has 0 saturated carbocycles. The minimum absolute atomic E-state index is 0.0226. The van der Waals surface area contributed by atoms with Crippen molar-refractivity contribution in [2.75, 3.05) is 18.5 Å². The summed E-state index contributed by atoms with van der Waals surface area (Å²) in [5.41, 5.74) is 2.57. The summed E-state index contributed by atoms with van der Waals surface area (Å²) in [6.07, 6.45) is 1.15. The highest BCUT2D eigenvalue weighted by Gasteiger charge is 2.14. The van der Waals surface area contributed by atoms with Crippen LogP contribution in [0.2, 0.25) is 0 Å². The Kier molecular flexibility index (Phi) is 9.37. The third-order valence-electron chi connectivity index (χ3n) is 5.05. The predicted octanol–water partition coefficient (Wildman–Crippen LogP) is 3.71. The van der Waals surface area contributed by atoms with Gasteiger partial charge in [0.1, 0.15) is 0 Å². The topological polar surface area (TPSA) is 102 Å². The minimum atomic E-state index is -3.65. The molecule has 1 amide bonds. The number of carbonyl (C=O) groups is 2. The molecule has 0 spiro atoms. The molecule has 0 atom stereocenters. The molecule has 34 heavy (non-hydrogen) atoms. The van der Waals surface area contributed by atoms with Gasteiger partial charge in [-0.05, 0) is 41.8 Å². The summed E-state index contributed by atoms with van der Waals surface area (Å²) in [6, 6.07) is 25.2. The van der Waals surface area contributed by atoms with Gasteiger partial charge in [0.2, 0.25) is 15.9 Å². The Labute approximate surface area is 200 Å². The van der Waals surface area contributed by atoms with E-state index < -0.39 is 16.0 Å². The van der Waals surface area contributed by atoms with Crippen molar-refractivity contribution >= 4 is 27.6 Å². The molecule has 178 valence electrons. The minimum Gasteiger partial charge on any atom is -0.465 e. The maximum Gasteiger partial charge on any atom is 0.306 e. The SMILES string of the molecule is O=C(CCC(=O)OCCc1ccccc1)Nc1ccc(S(=O)(=O)NCCc2ccccc2)cc1.